The van der Waals surface area contributed by atoms with Crippen LogP contribution in [0.2, 0.25) is 0 Å². The number of nitrogens with one attached hydrogen (secondary N) is 2. The van der Waals surface area contributed by atoms with Gasteiger partial charge in [-0.3, -0.25) is 14.6 Å². The smallest absolute Gasteiger partial charge is 0.252 e. The molecule has 2 unspecified atom stereocenters. The lowest BCUT2D eigenvalue weighted by molar-refractivity contribution is -0.122. The first-order valence-electron chi connectivity index (χ1n) is 9.58. The number of aromatic amines is 1. The Kier molecular flexibility index (Phi) is 5.88. The molecule has 1 amide bonds. The van der Waals surface area contributed by atoms with Gasteiger partial charge in [0.1, 0.15) is 0 Å². The standard InChI is InChI=1S/C18H28N4O4S/c1-12-3-6-22(7-4-12)18-20-15(10-17(24)21-18)13(2)19-16(23)9-14-5-8-27(25,26)11-14/h10,12-14H,3-9,11H2,1-2H3,(H,19,23)(H,20,21,24). The van der Waals surface area contributed by atoms with Crippen molar-refractivity contribution in [3.8, 4) is 0 Å². The molecular formula is C18H28N4O4S. The summed E-state index contributed by atoms with van der Waals surface area (Å²) in [6.45, 7) is 5.71. The summed E-state index contributed by atoms with van der Waals surface area (Å²) in [4.78, 5) is 33.7. The van der Waals surface area contributed by atoms with Crippen LogP contribution in [0, 0.1) is 11.8 Å². The van der Waals surface area contributed by atoms with E-state index in [4.69, 9.17) is 0 Å². The molecule has 0 aliphatic carbocycles. The zero-order chi connectivity index (χ0) is 19.6. The summed E-state index contributed by atoms with van der Waals surface area (Å²) >= 11 is 0. The molecule has 2 atom stereocenters. The summed E-state index contributed by atoms with van der Waals surface area (Å²) in [6, 6.07) is 0.987. The van der Waals surface area contributed by atoms with Crippen molar-refractivity contribution < 1.29 is 13.2 Å². The van der Waals surface area contributed by atoms with Gasteiger partial charge in [0.25, 0.3) is 5.56 Å². The minimum Gasteiger partial charge on any atom is -0.348 e. The van der Waals surface area contributed by atoms with Gasteiger partial charge in [0, 0.05) is 25.6 Å². The Balaban J connectivity index is 1.63. The summed E-state index contributed by atoms with van der Waals surface area (Å²) in [6.07, 6.45) is 2.84. The van der Waals surface area contributed by atoms with Crippen molar-refractivity contribution in [3.05, 3.63) is 22.1 Å². The molecule has 0 aromatic carbocycles. The van der Waals surface area contributed by atoms with Gasteiger partial charge in [-0.25, -0.2) is 13.4 Å². The third kappa shape index (κ3) is 5.31. The van der Waals surface area contributed by atoms with Gasteiger partial charge in [0.2, 0.25) is 11.9 Å². The van der Waals surface area contributed by atoms with Crippen LogP contribution in [0.1, 0.15) is 51.3 Å². The molecule has 3 rings (SSSR count). The Hall–Kier alpha value is -1.90. The number of carbonyl (C=O) groups excluding carboxylic acids is 1. The first-order valence-corrected chi connectivity index (χ1v) is 11.4. The summed E-state index contributed by atoms with van der Waals surface area (Å²) in [5.74, 6) is 1.13. The number of H-pyrrole nitrogens is 1. The molecule has 2 saturated heterocycles. The molecule has 1 aromatic rings. The highest BCUT2D eigenvalue weighted by Crippen LogP contribution is 2.23. The molecule has 3 heterocycles. The molecule has 1 aromatic heterocycles. The van der Waals surface area contributed by atoms with Crippen LogP contribution in [-0.2, 0) is 14.6 Å². The minimum absolute atomic E-state index is 0.0790. The lowest BCUT2D eigenvalue weighted by Crippen LogP contribution is -2.36. The van der Waals surface area contributed by atoms with Crippen LogP contribution < -0.4 is 15.8 Å². The average molecular weight is 397 g/mol. The maximum atomic E-state index is 12.3. The van der Waals surface area contributed by atoms with E-state index in [-0.39, 0.29) is 35.3 Å². The molecule has 0 radical (unpaired) electrons. The number of amides is 1. The first-order chi connectivity index (χ1) is 12.7. The second-order valence-corrected chi connectivity index (χ2v) is 10.2. The average Bonchev–Trinajstić information content (AvgIpc) is 2.93. The van der Waals surface area contributed by atoms with E-state index in [0.29, 0.717) is 24.0 Å². The van der Waals surface area contributed by atoms with E-state index in [1.54, 1.807) is 6.92 Å². The van der Waals surface area contributed by atoms with Gasteiger partial charge in [-0.1, -0.05) is 6.92 Å². The summed E-state index contributed by atoms with van der Waals surface area (Å²) in [5, 5.41) is 2.85. The van der Waals surface area contributed by atoms with Crippen LogP contribution in [0.5, 0.6) is 0 Å². The largest absolute Gasteiger partial charge is 0.348 e. The molecule has 2 aliphatic rings. The van der Waals surface area contributed by atoms with Crippen LogP contribution in [0.25, 0.3) is 0 Å². The zero-order valence-electron chi connectivity index (χ0n) is 15.9. The quantitative estimate of drug-likeness (QED) is 0.768. The van der Waals surface area contributed by atoms with E-state index >= 15 is 0 Å². The Morgan fingerprint density at radius 3 is 2.70 bits per heavy atom. The normalized spacial score (nSPS) is 23.9. The monoisotopic (exact) mass is 396 g/mol. The van der Waals surface area contributed by atoms with E-state index in [1.807, 2.05) is 0 Å². The van der Waals surface area contributed by atoms with Crippen molar-refractivity contribution in [1.82, 2.24) is 15.3 Å². The SMILES string of the molecule is CC1CCN(c2nc(C(C)NC(=O)CC3CCS(=O)(=O)C3)cc(=O)[nH]2)CC1. The molecule has 150 valence electrons. The maximum Gasteiger partial charge on any atom is 0.252 e. The second kappa shape index (κ2) is 8.00. The number of carbonyl (C=O) groups is 1. The lowest BCUT2D eigenvalue weighted by Gasteiger charge is -2.31. The van der Waals surface area contributed by atoms with Crippen molar-refractivity contribution in [3.63, 3.8) is 0 Å². The van der Waals surface area contributed by atoms with E-state index < -0.39 is 15.9 Å². The molecule has 8 nitrogen and oxygen atoms in total. The van der Waals surface area contributed by atoms with Gasteiger partial charge < -0.3 is 10.2 Å². The summed E-state index contributed by atoms with van der Waals surface area (Å²) < 4.78 is 23.1. The number of nitrogens with zero attached hydrogens (tertiary/aromatic N) is 2. The van der Waals surface area contributed by atoms with Crippen LogP contribution in [0.15, 0.2) is 10.9 Å². The molecule has 0 spiro atoms. The van der Waals surface area contributed by atoms with E-state index in [2.05, 4.69) is 27.1 Å². The number of rotatable bonds is 5. The Bertz CT molecular complexity index is 843. The maximum absolute atomic E-state index is 12.3. The first kappa shape index (κ1) is 19.9. The van der Waals surface area contributed by atoms with Crippen LogP contribution in [0.3, 0.4) is 0 Å². The summed E-state index contributed by atoms with van der Waals surface area (Å²) in [5.41, 5.74) is 0.274. The topological polar surface area (TPSA) is 112 Å². The number of hydrogen-bond donors (Lipinski definition) is 2. The predicted molar refractivity (Wildman–Crippen MR) is 103 cm³/mol. The molecule has 2 aliphatic heterocycles. The number of sulfone groups is 1. The van der Waals surface area contributed by atoms with Crippen LogP contribution >= 0.6 is 0 Å². The third-order valence-electron chi connectivity index (χ3n) is 5.45. The second-order valence-electron chi connectivity index (χ2n) is 7.93. The van der Waals surface area contributed by atoms with Crippen molar-refractivity contribution in [2.24, 2.45) is 11.8 Å². The molecule has 0 bridgehead atoms. The highest BCUT2D eigenvalue weighted by atomic mass is 32.2. The molecule has 0 saturated carbocycles. The van der Waals surface area contributed by atoms with Gasteiger partial charge in [-0.05, 0) is 38.0 Å². The van der Waals surface area contributed by atoms with Gasteiger partial charge in [-0.15, -0.1) is 0 Å². The van der Waals surface area contributed by atoms with Crippen molar-refractivity contribution >= 4 is 21.7 Å². The molecule has 27 heavy (non-hydrogen) atoms. The van der Waals surface area contributed by atoms with E-state index in [9.17, 15) is 18.0 Å². The number of piperidine rings is 1. The fourth-order valence-corrected chi connectivity index (χ4v) is 5.59. The van der Waals surface area contributed by atoms with Crippen molar-refractivity contribution in [2.45, 2.75) is 45.6 Å². The molecular weight excluding hydrogens is 368 g/mol. The lowest BCUT2D eigenvalue weighted by atomic mass is 10.00. The van der Waals surface area contributed by atoms with Crippen LogP contribution in [0.4, 0.5) is 5.95 Å². The molecule has 2 N–H and O–H groups in total. The van der Waals surface area contributed by atoms with Gasteiger partial charge >= 0.3 is 0 Å². The molecule has 9 heteroatoms. The highest BCUT2D eigenvalue weighted by molar-refractivity contribution is 7.91. The van der Waals surface area contributed by atoms with Crippen molar-refractivity contribution in [2.75, 3.05) is 29.5 Å². The van der Waals surface area contributed by atoms with Gasteiger partial charge in [0.15, 0.2) is 9.84 Å². The Labute approximate surface area is 159 Å². The Morgan fingerprint density at radius 1 is 1.37 bits per heavy atom. The van der Waals surface area contributed by atoms with Crippen LogP contribution in [-0.4, -0.2) is 48.9 Å². The number of hydrogen-bond acceptors (Lipinski definition) is 6. The predicted octanol–water partition coefficient (Wildman–Crippen LogP) is 1.01. The number of anilines is 1. The minimum atomic E-state index is -2.99. The third-order valence-corrected chi connectivity index (χ3v) is 7.29. The molecule has 2 fully saturated rings. The van der Waals surface area contributed by atoms with E-state index in [1.165, 1.54) is 6.07 Å². The fourth-order valence-electron chi connectivity index (χ4n) is 3.72. The van der Waals surface area contributed by atoms with Crippen molar-refractivity contribution in [1.29, 1.82) is 0 Å². The fraction of sp³-hybridized carbons (Fsp3) is 0.722. The van der Waals surface area contributed by atoms with Gasteiger partial charge in [0.05, 0.1) is 23.2 Å². The zero-order valence-corrected chi connectivity index (χ0v) is 16.7. The van der Waals surface area contributed by atoms with E-state index in [0.717, 1.165) is 25.9 Å². The number of aromatic nitrogens is 2. The van der Waals surface area contributed by atoms with Gasteiger partial charge in [-0.2, -0.15) is 0 Å². The summed E-state index contributed by atoms with van der Waals surface area (Å²) in [7, 11) is -2.99. The Morgan fingerprint density at radius 2 is 2.07 bits per heavy atom. The highest BCUT2D eigenvalue weighted by Gasteiger charge is 2.30.